The third-order valence-electron chi connectivity index (χ3n) is 2.84. The summed E-state index contributed by atoms with van der Waals surface area (Å²) >= 11 is 5.95. The highest BCUT2D eigenvalue weighted by molar-refractivity contribution is 6.30. The maximum Gasteiger partial charge on any atom is 0.121 e. The highest BCUT2D eigenvalue weighted by atomic mass is 35.5. The van der Waals surface area contributed by atoms with E-state index in [1.807, 2.05) is 38.1 Å². The molecule has 0 aliphatic rings. The Bertz CT molecular complexity index is 352. The lowest BCUT2D eigenvalue weighted by Crippen LogP contribution is -2.45. The first-order chi connectivity index (χ1) is 9.17. The summed E-state index contributed by atoms with van der Waals surface area (Å²) in [5, 5.41) is 4.14. The van der Waals surface area contributed by atoms with Gasteiger partial charge in [-0.3, -0.25) is 0 Å². The molecule has 0 fully saturated rings. The van der Waals surface area contributed by atoms with Crippen molar-refractivity contribution < 1.29 is 9.47 Å². The second kappa shape index (κ2) is 9.18. The van der Waals surface area contributed by atoms with Crippen molar-refractivity contribution in [3.05, 3.63) is 29.3 Å². The largest absolute Gasteiger partial charge is 0.489 e. The zero-order valence-corrected chi connectivity index (χ0v) is 12.7. The number of hydrogen-bond donors (Lipinski definition) is 1. The van der Waals surface area contributed by atoms with Crippen LogP contribution in [0.2, 0.25) is 5.02 Å². The molecule has 108 valence electrons. The summed E-state index contributed by atoms with van der Waals surface area (Å²) in [7, 11) is 0. The Morgan fingerprint density at radius 1 is 1.32 bits per heavy atom. The molecule has 0 heterocycles. The number of nitrogens with one attached hydrogen (secondary N) is 1. The Morgan fingerprint density at radius 2 is 2.11 bits per heavy atom. The number of halogens is 1. The van der Waals surface area contributed by atoms with Gasteiger partial charge in [-0.05, 0) is 45.0 Å². The summed E-state index contributed by atoms with van der Waals surface area (Å²) in [4.78, 5) is 0. The van der Waals surface area contributed by atoms with E-state index in [9.17, 15) is 0 Å². The molecule has 3 nitrogen and oxygen atoms in total. The van der Waals surface area contributed by atoms with Crippen LogP contribution in [0.25, 0.3) is 0 Å². The monoisotopic (exact) mass is 285 g/mol. The van der Waals surface area contributed by atoms with Crippen LogP contribution in [-0.2, 0) is 4.74 Å². The van der Waals surface area contributed by atoms with Crippen LogP contribution >= 0.6 is 11.6 Å². The molecule has 0 aliphatic carbocycles. The highest BCUT2D eigenvalue weighted by Gasteiger charge is 2.18. The van der Waals surface area contributed by atoms with Gasteiger partial charge in [0.25, 0.3) is 0 Å². The molecule has 0 saturated heterocycles. The molecular weight excluding hydrogens is 262 g/mol. The van der Waals surface area contributed by atoms with Crippen LogP contribution in [0.5, 0.6) is 5.75 Å². The van der Waals surface area contributed by atoms with Gasteiger partial charge in [-0.25, -0.2) is 0 Å². The molecule has 4 heteroatoms. The third kappa shape index (κ3) is 6.28. The smallest absolute Gasteiger partial charge is 0.121 e. The Morgan fingerprint density at radius 3 is 2.74 bits per heavy atom. The molecule has 1 aromatic carbocycles. The molecule has 0 aromatic heterocycles. The van der Waals surface area contributed by atoms with Gasteiger partial charge in [0.15, 0.2) is 0 Å². The fourth-order valence-corrected chi connectivity index (χ4v) is 1.95. The van der Waals surface area contributed by atoms with Gasteiger partial charge in [-0.15, -0.1) is 0 Å². The van der Waals surface area contributed by atoms with Crippen LogP contribution in [-0.4, -0.2) is 31.9 Å². The maximum absolute atomic E-state index is 5.95. The molecule has 1 aromatic rings. The second-order valence-electron chi connectivity index (χ2n) is 4.50. The molecule has 2 atom stereocenters. The summed E-state index contributed by atoms with van der Waals surface area (Å²) in [6, 6.07) is 7.65. The number of benzene rings is 1. The fraction of sp³-hybridized carbons (Fsp3) is 0.600. The molecule has 0 spiro atoms. The van der Waals surface area contributed by atoms with Gasteiger partial charge in [0, 0.05) is 11.6 Å². The summed E-state index contributed by atoms with van der Waals surface area (Å²) in [5.74, 6) is 0.791. The Kier molecular flexibility index (Phi) is 7.87. The minimum Gasteiger partial charge on any atom is -0.489 e. The summed E-state index contributed by atoms with van der Waals surface area (Å²) in [5.41, 5.74) is 0. The minimum absolute atomic E-state index is 0.0246. The lowest BCUT2D eigenvalue weighted by molar-refractivity contribution is 0.0724. The van der Waals surface area contributed by atoms with Crippen LogP contribution in [0.4, 0.5) is 0 Å². The first-order valence-corrected chi connectivity index (χ1v) is 7.28. The number of ether oxygens (including phenoxy) is 2. The Hall–Kier alpha value is -0.770. The standard InChI is InChI=1S/C15H24ClNO2/c1-4-9-17-15(11-18-5-2)12(3)19-14-8-6-7-13(16)10-14/h6-8,10,12,15,17H,4-5,9,11H2,1-3H3. The van der Waals surface area contributed by atoms with Crippen molar-refractivity contribution in [1.82, 2.24) is 5.32 Å². The van der Waals surface area contributed by atoms with Gasteiger partial charge in [-0.1, -0.05) is 24.6 Å². The van der Waals surface area contributed by atoms with E-state index in [1.54, 1.807) is 0 Å². The van der Waals surface area contributed by atoms with Gasteiger partial charge >= 0.3 is 0 Å². The molecule has 2 unspecified atom stereocenters. The molecule has 19 heavy (non-hydrogen) atoms. The van der Waals surface area contributed by atoms with Gasteiger partial charge in [0.05, 0.1) is 12.6 Å². The van der Waals surface area contributed by atoms with Gasteiger partial charge < -0.3 is 14.8 Å². The normalized spacial score (nSPS) is 14.1. The van der Waals surface area contributed by atoms with E-state index in [-0.39, 0.29) is 12.1 Å². The molecule has 0 saturated carbocycles. The van der Waals surface area contributed by atoms with E-state index in [0.29, 0.717) is 18.2 Å². The molecule has 0 radical (unpaired) electrons. The first kappa shape index (κ1) is 16.3. The molecule has 0 bridgehead atoms. The van der Waals surface area contributed by atoms with Gasteiger partial charge in [0.2, 0.25) is 0 Å². The SMILES string of the molecule is CCCNC(COCC)C(C)Oc1cccc(Cl)c1. The fourth-order valence-electron chi connectivity index (χ4n) is 1.77. The van der Waals surface area contributed by atoms with E-state index in [0.717, 1.165) is 18.7 Å². The van der Waals surface area contributed by atoms with Crippen molar-refractivity contribution in [1.29, 1.82) is 0 Å². The summed E-state index contributed by atoms with van der Waals surface area (Å²) in [6.07, 6.45) is 1.11. The molecule has 1 rings (SSSR count). The van der Waals surface area contributed by atoms with Crippen molar-refractivity contribution >= 4 is 11.6 Å². The van der Waals surface area contributed by atoms with E-state index < -0.39 is 0 Å². The van der Waals surface area contributed by atoms with Crippen LogP contribution in [0.15, 0.2) is 24.3 Å². The van der Waals surface area contributed by atoms with E-state index in [2.05, 4.69) is 12.2 Å². The molecular formula is C15H24ClNO2. The lowest BCUT2D eigenvalue weighted by Gasteiger charge is -2.26. The summed E-state index contributed by atoms with van der Waals surface area (Å²) < 4.78 is 11.4. The predicted molar refractivity (Wildman–Crippen MR) is 80.1 cm³/mol. The summed E-state index contributed by atoms with van der Waals surface area (Å²) in [6.45, 7) is 8.52. The van der Waals surface area contributed by atoms with E-state index >= 15 is 0 Å². The zero-order valence-electron chi connectivity index (χ0n) is 12.0. The van der Waals surface area contributed by atoms with Crippen LogP contribution in [0, 0.1) is 0 Å². The maximum atomic E-state index is 5.95. The van der Waals surface area contributed by atoms with Crippen molar-refractivity contribution in [2.75, 3.05) is 19.8 Å². The molecule has 0 amide bonds. The highest BCUT2D eigenvalue weighted by Crippen LogP contribution is 2.19. The first-order valence-electron chi connectivity index (χ1n) is 6.90. The lowest BCUT2D eigenvalue weighted by atomic mass is 10.2. The average molecular weight is 286 g/mol. The van der Waals surface area contributed by atoms with Crippen molar-refractivity contribution in [2.45, 2.75) is 39.3 Å². The van der Waals surface area contributed by atoms with Crippen LogP contribution in [0.1, 0.15) is 27.2 Å². The molecule has 1 N–H and O–H groups in total. The van der Waals surface area contributed by atoms with Gasteiger partial charge in [0.1, 0.15) is 11.9 Å². The van der Waals surface area contributed by atoms with Crippen LogP contribution in [0.3, 0.4) is 0 Å². The van der Waals surface area contributed by atoms with Crippen molar-refractivity contribution in [3.8, 4) is 5.75 Å². The molecule has 0 aliphatic heterocycles. The Balaban J connectivity index is 2.56. The topological polar surface area (TPSA) is 30.5 Å². The quantitative estimate of drug-likeness (QED) is 0.753. The minimum atomic E-state index is 0.0246. The van der Waals surface area contributed by atoms with E-state index in [4.69, 9.17) is 21.1 Å². The number of hydrogen-bond acceptors (Lipinski definition) is 3. The van der Waals surface area contributed by atoms with Crippen LogP contribution < -0.4 is 10.1 Å². The number of rotatable bonds is 9. The van der Waals surface area contributed by atoms with Crippen molar-refractivity contribution in [3.63, 3.8) is 0 Å². The zero-order chi connectivity index (χ0) is 14.1. The van der Waals surface area contributed by atoms with E-state index in [1.165, 1.54) is 0 Å². The second-order valence-corrected chi connectivity index (χ2v) is 4.94. The third-order valence-corrected chi connectivity index (χ3v) is 3.08. The predicted octanol–water partition coefficient (Wildman–Crippen LogP) is 3.51. The average Bonchev–Trinajstić information content (AvgIpc) is 2.38. The van der Waals surface area contributed by atoms with Crippen molar-refractivity contribution in [2.24, 2.45) is 0 Å². The Labute approximate surface area is 121 Å². The van der Waals surface area contributed by atoms with Gasteiger partial charge in [-0.2, -0.15) is 0 Å².